The molecule has 0 spiro atoms. The SMILES string of the molecule is COCOSc1ccccc1OC. The molecule has 4 heteroatoms. The molecule has 0 saturated heterocycles. The van der Waals surface area contributed by atoms with Crippen molar-refractivity contribution in [2.24, 2.45) is 0 Å². The van der Waals surface area contributed by atoms with Crippen LogP contribution >= 0.6 is 12.0 Å². The molecular formula is C9H12O3S. The van der Waals surface area contributed by atoms with Gasteiger partial charge in [0.1, 0.15) is 5.75 Å². The van der Waals surface area contributed by atoms with Crippen molar-refractivity contribution >= 4 is 12.0 Å². The minimum atomic E-state index is 0.267. The van der Waals surface area contributed by atoms with Gasteiger partial charge in [-0.3, -0.25) is 4.18 Å². The molecule has 0 heterocycles. The summed E-state index contributed by atoms with van der Waals surface area (Å²) in [5.74, 6) is 0.809. The zero-order valence-corrected chi connectivity index (χ0v) is 8.47. The zero-order chi connectivity index (χ0) is 9.52. The van der Waals surface area contributed by atoms with E-state index in [1.54, 1.807) is 14.2 Å². The third-order valence-corrected chi connectivity index (χ3v) is 2.11. The first-order chi connectivity index (χ1) is 6.38. The summed E-state index contributed by atoms with van der Waals surface area (Å²) in [6, 6.07) is 7.66. The van der Waals surface area contributed by atoms with Gasteiger partial charge < -0.3 is 9.47 Å². The van der Waals surface area contributed by atoms with Crippen LogP contribution in [0.4, 0.5) is 0 Å². The van der Waals surface area contributed by atoms with Crippen molar-refractivity contribution in [1.82, 2.24) is 0 Å². The molecule has 0 atom stereocenters. The molecule has 0 radical (unpaired) electrons. The lowest BCUT2D eigenvalue weighted by molar-refractivity contribution is 0.0669. The summed E-state index contributed by atoms with van der Waals surface area (Å²) < 4.78 is 15.0. The summed E-state index contributed by atoms with van der Waals surface area (Å²) in [6.07, 6.45) is 0. The maximum absolute atomic E-state index is 5.13. The van der Waals surface area contributed by atoms with E-state index < -0.39 is 0 Å². The summed E-state index contributed by atoms with van der Waals surface area (Å²) in [7, 11) is 3.22. The van der Waals surface area contributed by atoms with Gasteiger partial charge in [-0.15, -0.1) is 0 Å². The van der Waals surface area contributed by atoms with Gasteiger partial charge in [0.15, 0.2) is 6.79 Å². The molecule has 0 aliphatic heterocycles. The Morgan fingerprint density at radius 1 is 1.23 bits per heavy atom. The van der Waals surface area contributed by atoms with Crippen molar-refractivity contribution in [2.45, 2.75) is 4.90 Å². The molecule has 1 aromatic carbocycles. The first-order valence-electron chi connectivity index (χ1n) is 3.80. The van der Waals surface area contributed by atoms with E-state index in [-0.39, 0.29) is 6.79 Å². The fraction of sp³-hybridized carbons (Fsp3) is 0.333. The molecule has 0 bridgehead atoms. The summed E-state index contributed by atoms with van der Waals surface area (Å²) in [5, 5.41) is 0. The van der Waals surface area contributed by atoms with Gasteiger partial charge in [0.2, 0.25) is 0 Å². The van der Waals surface area contributed by atoms with Crippen LogP contribution in [0.15, 0.2) is 29.2 Å². The van der Waals surface area contributed by atoms with Gasteiger partial charge in [-0.2, -0.15) is 0 Å². The Kier molecular flexibility index (Phi) is 4.67. The molecule has 72 valence electrons. The smallest absolute Gasteiger partial charge is 0.160 e. The van der Waals surface area contributed by atoms with Crippen molar-refractivity contribution in [2.75, 3.05) is 21.0 Å². The van der Waals surface area contributed by atoms with Crippen LogP contribution in [0.5, 0.6) is 5.75 Å². The Balaban J connectivity index is 2.54. The van der Waals surface area contributed by atoms with Crippen LogP contribution in [0, 0.1) is 0 Å². The maximum Gasteiger partial charge on any atom is 0.160 e. The summed E-state index contributed by atoms with van der Waals surface area (Å²) in [6.45, 7) is 0.267. The minimum Gasteiger partial charge on any atom is -0.496 e. The van der Waals surface area contributed by atoms with E-state index >= 15 is 0 Å². The van der Waals surface area contributed by atoms with Crippen LogP contribution in [0.25, 0.3) is 0 Å². The molecule has 1 rings (SSSR count). The molecular weight excluding hydrogens is 188 g/mol. The largest absolute Gasteiger partial charge is 0.496 e. The number of ether oxygens (including phenoxy) is 2. The number of rotatable bonds is 5. The monoisotopic (exact) mass is 200 g/mol. The highest BCUT2D eigenvalue weighted by Crippen LogP contribution is 2.28. The molecule has 0 N–H and O–H groups in total. The molecule has 13 heavy (non-hydrogen) atoms. The van der Waals surface area contributed by atoms with E-state index in [0.29, 0.717) is 0 Å². The van der Waals surface area contributed by atoms with Crippen molar-refractivity contribution in [3.63, 3.8) is 0 Å². The topological polar surface area (TPSA) is 27.7 Å². The molecule has 3 nitrogen and oxygen atoms in total. The lowest BCUT2D eigenvalue weighted by Crippen LogP contribution is -1.90. The molecule has 0 amide bonds. The highest BCUT2D eigenvalue weighted by Gasteiger charge is 2.01. The summed E-state index contributed by atoms with van der Waals surface area (Å²) in [4.78, 5) is 0.946. The quantitative estimate of drug-likeness (QED) is 0.414. The molecule has 0 aliphatic carbocycles. The van der Waals surface area contributed by atoms with Crippen LogP contribution in [0.2, 0.25) is 0 Å². The lowest BCUT2D eigenvalue weighted by atomic mass is 10.3. The van der Waals surface area contributed by atoms with Crippen molar-refractivity contribution in [1.29, 1.82) is 0 Å². The van der Waals surface area contributed by atoms with Crippen LogP contribution in [0.3, 0.4) is 0 Å². The normalized spacial score (nSPS) is 10.0. The minimum absolute atomic E-state index is 0.267. The average molecular weight is 200 g/mol. The second kappa shape index (κ2) is 5.85. The summed E-state index contributed by atoms with van der Waals surface area (Å²) in [5.41, 5.74) is 0. The summed E-state index contributed by atoms with van der Waals surface area (Å²) >= 11 is 1.25. The Morgan fingerprint density at radius 3 is 2.69 bits per heavy atom. The van der Waals surface area contributed by atoms with E-state index in [1.165, 1.54) is 12.0 Å². The average Bonchev–Trinajstić information content (AvgIpc) is 2.19. The van der Waals surface area contributed by atoms with Crippen molar-refractivity contribution in [3.8, 4) is 5.75 Å². The van der Waals surface area contributed by atoms with Gasteiger partial charge in [-0.1, -0.05) is 12.1 Å². The second-order valence-corrected chi connectivity index (χ2v) is 3.10. The van der Waals surface area contributed by atoms with Gasteiger partial charge in [-0.05, 0) is 12.1 Å². The first kappa shape index (κ1) is 10.4. The molecule has 0 saturated carbocycles. The van der Waals surface area contributed by atoms with Crippen LogP contribution in [-0.2, 0) is 8.92 Å². The molecule has 0 unspecified atom stereocenters. The standard InChI is InChI=1S/C9H12O3S/c1-10-7-12-13-9-6-4-3-5-8(9)11-2/h3-6H,7H2,1-2H3. The zero-order valence-electron chi connectivity index (χ0n) is 7.65. The Hall–Kier alpha value is -0.710. The predicted molar refractivity (Wildman–Crippen MR) is 51.8 cm³/mol. The van der Waals surface area contributed by atoms with Crippen molar-refractivity contribution < 1.29 is 13.7 Å². The number of hydrogen-bond donors (Lipinski definition) is 0. The second-order valence-electron chi connectivity index (χ2n) is 2.26. The Morgan fingerprint density at radius 2 is 2.00 bits per heavy atom. The van der Waals surface area contributed by atoms with Gasteiger partial charge in [-0.25, -0.2) is 0 Å². The van der Waals surface area contributed by atoms with Gasteiger partial charge in [0, 0.05) is 19.2 Å². The van der Waals surface area contributed by atoms with E-state index in [9.17, 15) is 0 Å². The maximum atomic E-state index is 5.13. The van der Waals surface area contributed by atoms with E-state index in [1.807, 2.05) is 24.3 Å². The molecule has 0 aliphatic rings. The van der Waals surface area contributed by atoms with Crippen LogP contribution in [0.1, 0.15) is 0 Å². The Labute approximate surface area is 82.2 Å². The molecule has 0 fully saturated rings. The van der Waals surface area contributed by atoms with Crippen LogP contribution < -0.4 is 4.74 Å². The van der Waals surface area contributed by atoms with E-state index in [4.69, 9.17) is 13.7 Å². The predicted octanol–water partition coefficient (Wildman–Crippen LogP) is 2.32. The lowest BCUT2D eigenvalue weighted by Gasteiger charge is -2.06. The fourth-order valence-corrected chi connectivity index (χ4v) is 1.46. The van der Waals surface area contributed by atoms with Crippen molar-refractivity contribution in [3.05, 3.63) is 24.3 Å². The van der Waals surface area contributed by atoms with Crippen LogP contribution in [-0.4, -0.2) is 21.0 Å². The van der Waals surface area contributed by atoms with E-state index in [0.717, 1.165) is 10.6 Å². The fourth-order valence-electron chi connectivity index (χ4n) is 0.823. The third-order valence-electron chi connectivity index (χ3n) is 1.38. The number of benzene rings is 1. The Bertz CT molecular complexity index is 252. The number of para-hydroxylation sites is 1. The number of hydrogen-bond acceptors (Lipinski definition) is 4. The number of methoxy groups -OCH3 is 2. The third kappa shape index (κ3) is 3.26. The van der Waals surface area contributed by atoms with Gasteiger partial charge in [0.25, 0.3) is 0 Å². The van der Waals surface area contributed by atoms with Gasteiger partial charge >= 0.3 is 0 Å². The van der Waals surface area contributed by atoms with E-state index in [2.05, 4.69) is 0 Å². The highest BCUT2D eigenvalue weighted by atomic mass is 32.2. The first-order valence-corrected chi connectivity index (χ1v) is 4.54. The molecule has 0 aromatic heterocycles. The highest BCUT2D eigenvalue weighted by molar-refractivity contribution is 7.94. The molecule has 1 aromatic rings. The van der Waals surface area contributed by atoms with Gasteiger partial charge in [0.05, 0.1) is 12.0 Å².